The predicted molar refractivity (Wildman–Crippen MR) is 47.1 cm³/mol. The molecule has 17 heavy (non-hydrogen) atoms. The minimum Gasteiger partial charge on any atom is -0.387 e. The molecular weight excluding hydrogens is 272 g/mol. The van der Waals surface area contributed by atoms with Crippen LogP contribution < -0.4 is 4.74 Å². The van der Waals surface area contributed by atoms with Gasteiger partial charge in [0, 0.05) is 0 Å². The molecule has 5 nitrogen and oxygen atoms in total. The van der Waals surface area contributed by atoms with E-state index >= 15 is 0 Å². The highest BCUT2D eigenvalue weighted by Gasteiger charge is 2.34. The maximum absolute atomic E-state index is 13.3. The van der Waals surface area contributed by atoms with Crippen LogP contribution in [0.5, 0.6) is 5.88 Å². The molecule has 0 amide bonds. The lowest BCUT2D eigenvalue weighted by atomic mass is 10.2. The van der Waals surface area contributed by atoms with Crippen LogP contribution in [0.15, 0.2) is 6.20 Å². The highest BCUT2D eigenvalue weighted by Crippen LogP contribution is 2.31. The first-order valence-electron chi connectivity index (χ1n) is 3.89. The molecule has 10 heteroatoms. The number of nitro groups is 1. The molecule has 0 aliphatic rings. The van der Waals surface area contributed by atoms with Crippen molar-refractivity contribution in [2.75, 3.05) is 0 Å². The molecule has 94 valence electrons. The first-order chi connectivity index (χ1) is 7.76. The van der Waals surface area contributed by atoms with Crippen molar-refractivity contribution < 1.29 is 27.2 Å². The van der Waals surface area contributed by atoms with E-state index in [2.05, 4.69) is 9.72 Å². The molecule has 1 aromatic heterocycles. The largest absolute Gasteiger partial charge is 0.574 e. The SMILES string of the molecule is O=[N+]([O-])c1cnc(OC(F)(F)F)c(CCl)c1F. The number of rotatable bonds is 3. The number of ether oxygens (including phenoxy) is 1. The third-order valence-corrected chi connectivity index (χ3v) is 1.86. The zero-order chi connectivity index (χ0) is 13.2. The summed E-state index contributed by atoms with van der Waals surface area (Å²) in [4.78, 5) is 12.2. The fraction of sp³-hybridized carbons (Fsp3) is 0.286. The van der Waals surface area contributed by atoms with E-state index in [0.29, 0.717) is 6.20 Å². The summed E-state index contributed by atoms with van der Waals surface area (Å²) >= 11 is 5.19. The van der Waals surface area contributed by atoms with Gasteiger partial charge >= 0.3 is 12.0 Å². The average molecular weight is 275 g/mol. The van der Waals surface area contributed by atoms with E-state index in [4.69, 9.17) is 11.6 Å². The molecule has 0 aromatic carbocycles. The molecule has 1 aromatic rings. The second-order valence-corrected chi connectivity index (χ2v) is 2.95. The van der Waals surface area contributed by atoms with Gasteiger partial charge in [0.2, 0.25) is 11.7 Å². The molecule has 0 fully saturated rings. The lowest BCUT2D eigenvalue weighted by molar-refractivity contribution is -0.388. The molecular formula is C7H3ClF4N2O3. The van der Waals surface area contributed by atoms with Crippen molar-refractivity contribution in [1.29, 1.82) is 0 Å². The maximum Gasteiger partial charge on any atom is 0.574 e. The van der Waals surface area contributed by atoms with Crippen LogP contribution in [0.4, 0.5) is 23.2 Å². The molecule has 0 radical (unpaired) electrons. The highest BCUT2D eigenvalue weighted by atomic mass is 35.5. The van der Waals surface area contributed by atoms with Gasteiger partial charge in [-0.15, -0.1) is 24.8 Å². The lowest BCUT2D eigenvalue weighted by Crippen LogP contribution is -2.19. The van der Waals surface area contributed by atoms with Crippen LogP contribution in [-0.4, -0.2) is 16.3 Å². The molecule has 0 aliphatic heterocycles. The number of hydrogen-bond donors (Lipinski definition) is 0. The number of hydrogen-bond acceptors (Lipinski definition) is 4. The zero-order valence-corrected chi connectivity index (χ0v) is 8.55. The standard InChI is InChI=1S/C7H3ClF4N2O3/c8-1-3-5(9)4(14(15)16)2-13-6(3)17-7(10,11)12/h2H,1H2. The van der Waals surface area contributed by atoms with Crippen molar-refractivity contribution in [3.63, 3.8) is 0 Å². The first kappa shape index (κ1) is 13.4. The Morgan fingerprint density at radius 1 is 1.53 bits per heavy atom. The molecule has 0 atom stereocenters. The average Bonchev–Trinajstić information content (AvgIpc) is 2.15. The fourth-order valence-corrected chi connectivity index (χ4v) is 1.18. The highest BCUT2D eigenvalue weighted by molar-refractivity contribution is 6.17. The van der Waals surface area contributed by atoms with Crippen LogP contribution in [0.3, 0.4) is 0 Å². The minimum atomic E-state index is -5.09. The summed E-state index contributed by atoms with van der Waals surface area (Å²) in [5.41, 5.74) is -1.90. The number of halogens is 5. The van der Waals surface area contributed by atoms with Crippen molar-refractivity contribution in [3.8, 4) is 5.88 Å². The first-order valence-corrected chi connectivity index (χ1v) is 4.43. The van der Waals surface area contributed by atoms with Gasteiger partial charge in [0.05, 0.1) is 16.4 Å². The second-order valence-electron chi connectivity index (χ2n) is 2.68. The summed E-state index contributed by atoms with van der Waals surface area (Å²) in [6.07, 6.45) is -4.76. The Kier molecular flexibility index (Phi) is 3.71. The summed E-state index contributed by atoms with van der Waals surface area (Å²) in [6.45, 7) is 0. The molecule has 1 rings (SSSR count). The van der Waals surface area contributed by atoms with Crippen LogP contribution in [0.25, 0.3) is 0 Å². The van der Waals surface area contributed by atoms with Crippen molar-refractivity contribution in [3.05, 3.63) is 27.7 Å². The molecule has 0 saturated heterocycles. The molecule has 0 saturated carbocycles. The fourth-order valence-electron chi connectivity index (χ4n) is 0.944. The van der Waals surface area contributed by atoms with E-state index in [9.17, 15) is 27.7 Å². The van der Waals surface area contributed by atoms with Gasteiger partial charge < -0.3 is 4.74 Å². The maximum atomic E-state index is 13.3. The molecule has 0 aliphatic carbocycles. The quantitative estimate of drug-likeness (QED) is 0.368. The Hall–Kier alpha value is -1.64. The number of pyridine rings is 1. The monoisotopic (exact) mass is 274 g/mol. The third kappa shape index (κ3) is 3.16. The van der Waals surface area contributed by atoms with E-state index < -0.39 is 40.1 Å². The van der Waals surface area contributed by atoms with E-state index in [0.717, 1.165) is 0 Å². The Morgan fingerprint density at radius 3 is 2.53 bits per heavy atom. The van der Waals surface area contributed by atoms with Gasteiger partial charge in [-0.25, -0.2) is 4.98 Å². The zero-order valence-electron chi connectivity index (χ0n) is 7.79. The van der Waals surface area contributed by atoms with Gasteiger partial charge in [-0.05, 0) is 0 Å². The van der Waals surface area contributed by atoms with Crippen molar-refractivity contribution >= 4 is 17.3 Å². The Labute approximate surface area is 96.1 Å². The molecule has 1 heterocycles. The van der Waals surface area contributed by atoms with Gasteiger partial charge in [0.15, 0.2) is 0 Å². The number of aromatic nitrogens is 1. The van der Waals surface area contributed by atoms with Gasteiger partial charge in [-0.2, -0.15) is 4.39 Å². The van der Waals surface area contributed by atoms with Crippen LogP contribution in [0, 0.1) is 15.9 Å². The van der Waals surface area contributed by atoms with Crippen molar-refractivity contribution in [1.82, 2.24) is 4.98 Å². The summed E-state index contributed by atoms with van der Waals surface area (Å²) in [6, 6.07) is 0. The summed E-state index contributed by atoms with van der Waals surface area (Å²) in [5, 5.41) is 10.3. The number of nitrogens with zero attached hydrogens (tertiary/aromatic N) is 2. The summed E-state index contributed by atoms with van der Waals surface area (Å²) < 4.78 is 52.4. The van der Waals surface area contributed by atoms with Crippen molar-refractivity contribution in [2.24, 2.45) is 0 Å². The normalized spacial score (nSPS) is 11.4. The van der Waals surface area contributed by atoms with Crippen LogP contribution in [-0.2, 0) is 5.88 Å². The van der Waals surface area contributed by atoms with E-state index in [1.54, 1.807) is 0 Å². The Bertz CT molecular complexity index is 451. The van der Waals surface area contributed by atoms with Gasteiger partial charge in [0.1, 0.15) is 6.20 Å². The second kappa shape index (κ2) is 4.70. The molecule has 0 unspecified atom stereocenters. The van der Waals surface area contributed by atoms with Gasteiger partial charge in [0.25, 0.3) is 0 Å². The number of alkyl halides is 4. The lowest BCUT2D eigenvalue weighted by Gasteiger charge is -2.10. The molecule has 0 N–H and O–H groups in total. The van der Waals surface area contributed by atoms with E-state index in [1.807, 2.05) is 0 Å². The smallest absolute Gasteiger partial charge is 0.387 e. The van der Waals surface area contributed by atoms with Crippen LogP contribution >= 0.6 is 11.6 Å². The predicted octanol–water partition coefficient (Wildman–Crippen LogP) is 2.77. The molecule has 0 spiro atoms. The van der Waals surface area contributed by atoms with E-state index in [-0.39, 0.29) is 0 Å². The van der Waals surface area contributed by atoms with Crippen LogP contribution in [0.1, 0.15) is 5.56 Å². The van der Waals surface area contributed by atoms with Crippen LogP contribution in [0.2, 0.25) is 0 Å². The Morgan fingerprint density at radius 2 is 2.12 bits per heavy atom. The van der Waals surface area contributed by atoms with Crippen molar-refractivity contribution in [2.45, 2.75) is 12.2 Å². The Balaban J connectivity index is 3.26. The minimum absolute atomic E-state index is 0.326. The van der Waals surface area contributed by atoms with Gasteiger partial charge in [-0.3, -0.25) is 10.1 Å². The van der Waals surface area contributed by atoms with E-state index in [1.165, 1.54) is 0 Å². The molecule has 0 bridgehead atoms. The summed E-state index contributed by atoms with van der Waals surface area (Å²) in [7, 11) is 0. The van der Waals surface area contributed by atoms with Gasteiger partial charge in [-0.1, -0.05) is 0 Å². The topological polar surface area (TPSA) is 65.3 Å². The summed E-state index contributed by atoms with van der Waals surface area (Å²) in [5.74, 6) is -3.39. The third-order valence-electron chi connectivity index (χ3n) is 1.59.